The molecule has 1 saturated heterocycles. The van der Waals surface area contributed by atoms with E-state index in [9.17, 15) is 4.79 Å². The van der Waals surface area contributed by atoms with E-state index in [0.717, 1.165) is 46.6 Å². The molecule has 1 fully saturated rings. The summed E-state index contributed by atoms with van der Waals surface area (Å²) in [5.41, 5.74) is 2.17. The van der Waals surface area contributed by atoms with Gasteiger partial charge in [0.25, 0.3) is 0 Å². The van der Waals surface area contributed by atoms with Crippen molar-refractivity contribution in [2.75, 3.05) is 25.0 Å². The van der Waals surface area contributed by atoms with Crippen molar-refractivity contribution in [3.8, 4) is 0 Å². The molecule has 1 aliphatic heterocycles. The van der Waals surface area contributed by atoms with Crippen molar-refractivity contribution in [3.63, 3.8) is 0 Å². The van der Waals surface area contributed by atoms with Crippen LogP contribution in [0.1, 0.15) is 25.6 Å². The van der Waals surface area contributed by atoms with Gasteiger partial charge in [0.2, 0.25) is 11.0 Å². The number of aryl methyl sites for hydroxylation is 1. The van der Waals surface area contributed by atoms with Crippen molar-refractivity contribution in [3.05, 3.63) is 30.1 Å². The zero-order valence-electron chi connectivity index (χ0n) is 15.2. The van der Waals surface area contributed by atoms with Crippen LogP contribution in [0.3, 0.4) is 0 Å². The molecule has 0 saturated carbocycles. The molecule has 0 unspecified atom stereocenters. The maximum absolute atomic E-state index is 12.1. The van der Waals surface area contributed by atoms with Crippen molar-refractivity contribution >= 4 is 45.2 Å². The predicted molar refractivity (Wildman–Crippen MR) is 109 cm³/mol. The van der Waals surface area contributed by atoms with E-state index in [1.54, 1.807) is 11.8 Å². The highest BCUT2D eigenvalue weighted by Gasteiger charge is 2.17. The second-order valence-corrected chi connectivity index (χ2v) is 8.65. The first kappa shape index (κ1) is 18.4. The van der Waals surface area contributed by atoms with Gasteiger partial charge in [0.1, 0.15) is 5.82 Å². The number of thioether (sulfide) groups is 1. The number of anilines is 1. The normalized spacial score (nSPS) is 14.9. The Bertz CT molecular complexity index is 931. The molecule has 27 heavy (non-hydrogen) atoms. The fraction of sp³-hybridized carbons (Fsp3) is 0.444. The van der Waals surface area contributed by atoms with Gasteiger partial charge in [0.15, 0.2) is 4.34 Å². The minimum absolute atomic E-state index is 0.0163. The summed E-state index contributed by atoms with van der Waals surface area (Å²) < 4.78 is 3.06. The van der Waals surface area contributed by atoms with Crippen LogP contribution in [0.5, 0.6) is 0 Å². The van der Waals surface area contributed by atoms with Gasteiger partial charge in [0, 0.05) is 6.54 Å². The van der Waals surface area contributed by atoms with Crippen molar-refractivity contribution < 1.29 is 4.79 Å². The Kier molecular flexibility index (Phi) is 5.70. The Morgan fingerprint density at radius 2 is 2.07 bits per heavy atom. The Hall–Kier alpha value is -1.97. The van der Waals surface area contributed by atoms with Crippen molar-refractivity contribution in [2.45, 2.75) is 36.4 Å². The molecule has 142 valence electrons. The van der Waals surface area contributed by atoms with E-state index in [1.807, 2.05) is 18.2 Å². The molecule has 9 heteroatoms. The summed E-state index contributed by atoms with van der Waals surface area (Å²) in [6, 6.07) is 8.18. The van der Waals surface area contributed by atoms with Gasteiger partial charge in [-0.2, -0.15) is 0 Å². The fourth-order valence-corrected chi connectivity index (χ4v) is 5.05. The number of likely N-dealkylation sites (tertiary alicyclic amines) is 1. The lowest BCUT2D eigenvalue weighted by atomic mass is 10.3. The summed E-state index contributed by atoms with van der Waals surface area (Å²) >= 11 is 3.01. The van der Waals surface area contributed by atoms with Gasteiger partial charge in [-0.15, -0.1) is 10.2 Å². The molecule has 1 aromatic carbocycles. The number of carbonyl (C=O) groups excluding carboxylic acids is 1. The summed E-state index contributed by atoms with van der Waals surface area (Å²) in [6.45, 7) is 5.44. The molecular formula is C18H22N6OS2. The number of hydrogen-bond acceptors (Lipinski definition) is 7. The van der Waals surface area contributed by atoms with Gasteiger partial charge in [-0.05, 0) is 45.0 Å². The molecule has 1 amide bonds. The van der Waals surface area contributed by atoms with E-state index in [1.165, 1.54) is 24.2 Å². The maximum Gasteiger partial charge on any atom is 0.240 e. The van der Waals surface area contributed by atoms with Crippen molar-refractivity contribution in [1.82, 2.24) is 24.6 Å². The van der Waals surface area contributed by atoms with Crippen LogP contribution >= 0.6 is 23.1 Å². The first-order valence-electron chi connectivity index (χ1n) is 9.15. The van der Waals surface area contributed by atoms with Gasteiger partial charge in [-0.25, -0.2) is 4.98 Å². The lowest BCUT2D eigenvalue weighted by Gasteiger charge is -2.12. The summed E-state index contributed by atoms with van der Waals surface area (Å²) in [5, 5.41) is 11.7. The quantitative estimate of drug-likeness (QED) is 0.483. The average Bonchev–Trinajstić information content (AvgIpc) is 3.39. The molecule has 3 heterocycles. The largest absolute Gasteiger partial charge is 0.328 e. The van der Waals surface area contributed by atoms with Gasteiger partial charge in [-0.1, -0.05) is 35.2 Å². The number of benzene rings is 1. The summed E-state index contributed by atoms with van der Waals surface area (Å²) in [7, 11) is 0. The summed E-state index contributed by atoms with van der Waals surface area (Å²) in [5.74, 6) is 1.73. The number of fused-ring (bicyclic) bond motifs is 1. The fourth-order valence-electron chi connectivity index (χ4n) is 3.34. The topological polar surface area (TPSA) is 75.9 Å². The Morgan fingerprint density at radius 3 is 2.89 bits per heavy atom. The standard InChI is InChI=1S/C18H22N6OS2/c1-2-24-14-8-4-3-7-13(14)19-15(24)12-26-18-22-21-17(27-18)20-16(25)11-23-9-5-6-10-23/h3-4,7-8H,2,5-6,9-12H2,1H3,(H,20,21,25). The number of imidazole rings is 1. The SMILES string of the molecule is CCn1c(CSc2nnc(NC(=O)CN3CCCC3)s2)nc2ccccc21. The van der Waals surface area contributed by atoms with Crippen molar-refractivity contribution in [1.29, 1.82) is 0 Å². The molecule has 1 aliphatic rings. The van der Waals surface area contributed by atoms with Crippen LogP contribution in [-0.4, -0.2) is 50.2 Å². The average molecular weight is 403 g/mol. The van der Waals surface area contributed by atoms with Crippen LogP contribution in [0.15, 0.2) is 28.6 Å². The first-order chi connectivity index (χ1) is 13.2. The third kappa shape index (κ3) is 4.31. The Labute approximate surface area is 166 Å². The van der Waals surface area contributed by atoms with Crippen LogP contribution < -0.4 is 5.32 Å². The van der Waals surface area contributed by atoms with Gasteiger partial charge < -0.3 is 4.57 Å². The van der Waals surface area contributed by atoms with Gasteiger partial charge >= 0.3 is 0 Å². The number of nitrogens with one attached hydrogen (secondary N) is 1. The molecule has 1 N–H and O–H groups in total. The van der Waals surface area contributed by atoms with Crippen LogP contribution in [0.25, 0.3) is 11.0 Å². The minimum Gasteiger partial charge on any atom is -0.328 e. The molecule has 7 nitrogen and oxygen atoms in total. The molecule has 0 spiro atoms. The van der Waals surface area contributed by atoms with Crippen LogP contribution in [0.4, 0.5) is 5.13 Å². The lowest BCUT2D eigenvalue weighted by molar-refractivity contribution is -0.117. The van der Waals surface area contributed by atoms with E-state index in [2.05, 4.69) is 38.0 Å². The lowest BCUT2D eigenvalue weighted by Crippen LogP contribution is -2.30. The number of aromatic nitrogens is 4. The Balaban J connectivity index is 1.36. The van der Waals surface area contributed by atoms with Crippen molar-refractivity contribution in [2.24, 2.45) is 0 Å². The number of hydrogen-bond donors (Lipinski definition) is 1. The number of nitrogens with zero attached hydrogens (tertiary/aromatic N) is 5. The van der Waals surface area contributed by atoms with Crippen LogP contribution in [-0.2, 0) is 17.1 Å². The molecule has 0 bridgehead atoms. The third-order valence-corrected chi connectivity index (χ3v) is 6.56. The first-order valence-corrected chi connectivity index (χ1v) is 11.0. The van der Waals surface area contributed by atoms with E-state index in [4.69, 9.17) is 4.98 Å². The summed E-state index contributed by atoms with van der Waals surface area (Å²) in [4.78, 5) is 19.0. The molecular weight excluding hydrogens is 380 g/mol. The monoisotopic (exact) mass is 402 g/mol. The number of rotatable bonds is 7. The van der Waals surface area contributed by atoms with Crippen LogP contribution in [0.2, 0.25) is 0 Å². The number of para-hydroxylation sites is 2. The molecule has 0 atom stereocenters. The second-order valence-electron chi connectivity index (χ2n) is 6.45. The van der Waals surface area contributed by atoms with E-state index in [0.29, 0.717) is 11.7 Å². The molecule has 3 aromatic rings. The molecule has 0 aliphatic carbocycles. The summed E-state index contributed by atoms with van der Waals surface area (Å²) in [6.07, 6.45) is 2.35. The smallest absolute Gasteiger partial charge is 0.240 e. The zero-order chi connectivity index (χ0) is 18.6. The van der Waals surface area contributed by atoms with E-state index >= 15 is 0 Å². The molecule has 4 rings (SSSR count). The van der Waals surface area contributed by atoms with Gasteiger partial charge in [0.05, 0.1) is 23.3 Å². The number of amides is 1. The third-order valence-electron chi connectivity index (χ3n) is 4.59. The zero-order valence-corrected chi connectivity index (χ0v) is 16.9. The predicted octanol–water partition coefficient (Wildman–Crippen LogP) is 3.23. The highest BCUT2D eigenvalue weighted by atomic mass is 32.2. The molecule has 2 aromatic heterocycles. The van der Waals surface area contributed by atoms with Crippen LogP contribution in [0, 0.1) is 0 Å². The van der Waals surface area contributed by atoms with Gasteiger partial charge in [-0.3, -0.25) is 15.0 Å². The Morgan fingerprint density at radius 1 is 1.26 bits per heavy atom. The maximum atomic E-state index is 12.1. The minimum atomic E-state index is -0.0163. The highest BCUT2D eigenvalue weighted by molar-refractivity contribution is 8.00. The van der Waals surface area contributed by atoms with E-state index < -0.39 is 0 Å². The highest BCUT2D eigenvalue weighted by Crippen LogP contribution is 2.29. The second kappa shape index (κ2) is 8.37. The van der Waals surface area contributed by atoms with E-state index in [-0.39, 0.29) is 5.91 Å². The molecule has 0 radical (unpaired) electrons. The number of carbonyl (C=O) groups is 1.